The first kappa shape index (κ1) is 13.2. The highest BCUT2D eigenvalue weighted by molar-refractivity contribution is 7.80. The van der Waals surface area contributed by atoms with Crippen molar-refractivity contribution in [1.29, 1.82) is 0 Å². The molecular formula is C12H13NO3S. The molecule has 4 nitrogen and oxygen atoms in total. The number of hydrogen-bond donors (Lipinski definition) is 2. The first-order chi connectivity index (χ1) is 8.11. The van der Waals surface area contributed by atoms with Gasteiger partial charge in [0.15, 0.2) is 0 Å². The van der Waals surface area contributed by atoms with Crippen LogP contribution in [0, 0.1) is 0 Å². The first-order valence-electron chi connectivity index (χ1n) is 4.97. The van der Waals surface area contributed by atoms with Crippen molar-refractivity contribution in [3.8, 4) is 0 Å². The average Bonchev–Trinajstić information content (AvgIpc) is 2.26. The maximum absolute atomic E-state index is 10.6. The van der Waals surface area contributed by atoms with Crippen LogP contribution in [-0.2, 0) is 16.0 Å². The van der Waals surface area contributed by atoms with Crippen LogP contribution in [0.4, 0.5) is 5.69 Å². The number of anilines is 1. The predicted molar refractivity (Wildman–Crippen MR) is 70.2 cm³/mol. The average molecular weight is 251 g/mol. The number of carboxylic acids is 1. The van der Waals surface area contributed by atoms with Crippen LogP contribution in [-0.4, -0.2) is 22.9 Å². The lowest BCUT2D eigenvalue weighted by molar-refractivity contribution is -0.136. The number of hydrogen-bond acceptors (Lipinski definition) is 3. The van der Waals surface area contributed by atoms with Crippen molar-refractivity contribution >= 4 is 29.0 Å². The molecule has 0 aliphatic carbocycles. The van der Waals surface area contributed by atoms with E-state index in [0.29, 0.717) is 17.9 Å². The lowest BCUT2D eigenvalue weighted by Crippen LogP contribution is -2.13. The Morgan fingerprint density at radius 1 is 1.59 bits per heavy atom. The van der Waals surface area contributed by atoms with Gasteiger partial charge in [-0.25, -0.2) is 0 Å². The van der Waals surface area contributed by atoms with E-state index in [0.717, 1.165) is 0 Å². The van der Waals surface area contributed by atoms with Gasteiger partial charge in [0.1, 0.15) is 6.61 Å². The molecule has 0 aliphatic rings. The third-order valence-corrected chi connectivity index (χ3v) is 2.08. The molecule has 1 rings (SSSR count). The van der Waals surface area contributed by atoms with E-state index in [1.807, 2.05) is 0 Å². The van der Waals surface area contributed by atoms with Crippen molar-refractivity contribution < 1.29 is 14.6 Å². The molecule has 0 aromatic heterocycles. The molecule has 0 heterocycles. The first-order valence-corrected chi connectivity index (χ1v) is 5.38. The van der Waals surface area contributed by atoms with Gasteiger partial charge >= 0.3 is 5.97 Å². The highest BCUT2D eigenvalue weighted by Gasteiger charge is 2.02. The van der Waals surface area contributed by atoms with Crippen molar-refractivity contribution in [2.24, 2.45) is 0 Å². The summed E-state index contributed by atoms with van der Waals surface area (Å²) in [6.07, 6.45) is 1.57. The van der Waals surface area contributed by atoms with Gasteiger partial charge in [0, 0.05) is 5.69 Å². The van der Waals surface area contributed by atoms with E-state index in [4.69, 9.17) is 22.1 Å². The van der Waals surface area contributed by atoms with Gasteiger partial charge in [0.05, 0.1) is 6.42 Å². The fourth-order valence-electron chi connectivity index (χ4n) is 1.22. The maximum Gasteiger partial charge on any atom is 0.307 e. The standard InChI is InChI=1S/C12H13NO3S/c1-2-6-16-12(17)13-10-5-3-4-9(7-10)8-11(14)15/h2-5,7H,1,6,8H2,(H,13,17)(H,14,15). The zero-order valence-corrected chi connectivity index (χ0v) is 10.00. The van der Waals surface area contributed by atoms with Gasteiger partial charge in [-0.05, 0) is 29.9 Å². The van der Waals surface area contributed by atoms with E-state index in [1.54, 1.807) is 30.3 Å². The minimum absolute atomic E-state index is 0.0181. The Hall–Kier alpha value is -1.88. The zero-order valence-electron chi connectivity index (χ0n) is 9.18. The lowest BCUT2D eigenvalue weighted by atomic mass is 10.1. The Morgan fingerprint density at radius 2 is 2.35 bits per heavy atom. The van der Waals surface area contributed by atoms with Crippen LogP contribution in [0.1, 0.15) is 5.56 Å². The Kier molecular flexibility index (Phi) is 5.16. The van der Waals surface area contributed by atoms with Crippen LogP contribution in [0.2, 0.25) is 0 Å². The van der Waals surface area contributed by atoms with Crippen LogP contribution < -0.4 is 5.32 Å². The van der Waals surface area contributed by atoms with Gasteiger partial charge in [0.25, 0.3) is 5.17 Å². The molecule has 0 amide bonds. The summed E-state index contributed by atoms with van der Waals surface area (Å²) in [6, 6.07) is 7.01. The molecule has 0 unspecified atom stereocenters. The van der Waals surface area contributed by atoms with Gasteiger partial charge < -0.3 is 15.2 Å². The monoisotopic (exact) mass is 251 g/mol. The SMILES string of the molecule is C=CCOC(=S)Nc1cccc(CC(=O)O)c1. The zero-order chi connectivity index (χ0) is 12.7. The number of ether oxygens (including phenoxy) is 1. The molecule has 0 bridgehead atoms. The molecule has 1 aromatic rings. The molecule has 1 aromatic carbocycles. The number of carboxylic acid groups (broad SMARTS) is 1. The van der Waals surface area contributed by atoms with Gasteiger partial charge in [0.2, 0.25) is 0 Å². The summed E-state index contributed by atoms with van der Waals surface area (Å²) in [5.74, 6) is -0.868. The summed E-state index contributed by atoms with van der Waals surface area (Å²) in [4.78, 5) is 10.6. The molecule has 0 fully saturated rings. The molecule has 0 radical (unpaired) electrons. The van der Waals surface area contributed by atoms with Gasteiger partial charge in [-0.1, -0.05) is 24.8 Å². The molecule has 0 saturated carbocycles. The largest absolute Gasteiger partial charge is 0.481 e. The van der Waals surface area contributed by atoms with Crippen molar-refractivity contribution in [2.45, 2.75) is 6.42 Å². The second-order valence-electron chi connectivity index (χ2n) is 3.28. The second kappa shape index (κ2) is 6.65. The minimum Gasteiger partial charge on any atom is -0.481 e. The van der Waals surface area contributed by atoms with E-state index < -0.39 is 5.97 Å². The highest BCUT2D eigenvalue weighted by atomic mass is 32.1. The predicted octanol–water partition coefficient (Wildman–Crippen LogP) is 2.21. The smallest absolute Gasteiger partial charge is 0.307 e. The van der Waals surface area contributed by atoms with Crippen LogP contribution >= 0.6 is 12.2 Å². The third-order valence-electron chi connectivity index (χ3n) is 1.86. The van der Waals surface area contributed by atoms with E-state index in [1.165, 1.54) is 0 Å². The quantitative estimate of drug-likeness (QED) is 0.620. The number of aliphatic carboxylic acids is 1. The summed E-state index contributed by atoms with van der Waals surface area (Å²) in [7, 11) is 0. The van der Waals surface area contributed by atoms with E-state index in [2.05, 4.69) is 11.9 Å². The second-order valence-corrected chi connectivity index (χ2v) is 3.65. The van der Waals surface area contributed by atoms with Gasteiger partial charge in [-0.3, -0.25) is 4.79 Å². The fourth-order valence-corrected chi connectivity index (χ4v) is 1.41. The molecule has 2 N–H and O–H groups in total. The summed E-state index contributed by atoms with van der Waals surface area (Å²) < 4.78 is 5.10. The molecule has 0 atom stereocenters. The van der Waals surface area contributed by atoms with Crippen LogP contribution in [0.3, 0.4) is 0 Å². The van der Waals surface area contributed by atoms with E-state index in [9.17, 15) is 4.79 Å². The summed E-state index contributed by atoms with van der Waals surface area (Å²) in [6.45, 7) is 3.84. The maximum atomic E-state index is 10.6. The summed E-state index contributed by atoms with van der Waals surface area (Å²) in [5.41, 5.74) is 1.41. The van der Waals surface area contributed by atoms with Gasteiger partial charge in [-0.15, -0.1) is 0 Å². The van der Waals surface area contributed by atoms with Crippen molar-refractivity contribution in [2.75, 3.05) is 11.9 Å². The van der Waals surface area contributed by atoms with E-state index >= 15 is 0 Å². The molecular weight excluding hydrogens is 238 g/mol. The highest BCUT2D eigenvalue weighted by Crippen LogP contribution is 2.11. The molecule has 0 spiro atoms. The van der Waals surface area contributed by atoms with Crippen LogP contribution in [0.25, 0.3) is 0 Å². The van der Waals surface area contributed by atoms with E-state index in [-0.39, 0.29) is 11.6 Å². The number of carbonyl (C=O) groups is 1. The summed E-state index contributed by atoms with van der Waals surface area (Å²) >= 11 is 4.94. The minimum atomic E-state index is -0.868. The molecule has 17 heavy (non-hydrogen) atoms. The Labute approximate surface area is 105 Å². The normalized spacial score (nSPS) is 9.41. The van der Waals surface area contributed by atoms with Crippen molar-refractivity contribution in [3.05, 3.63) is 42.5 Å². The Bertz CT molecular complexity index is 432. The van der Waals surface area contributed by atoms with Gasteiger partial charge in [-0.2, -0.15) is 0 Å². The lowest BCUT2D eigenvalue weighted by Gasteiger charge is -2.08. The van der Waals surface area contributed by atoms with Crippen LogP contribution in [0.15, 0.2) is 36.9 Å². The number of rotatable bonds is 5. The Morgan fingerprint density at radius 3 is 3.00 bits per heavy atom. The molecule has 90 valence electrons. The van der Waals surface area contributed by atoms with Crippen molar-refractivity contribution in [1.82, 2.24) is 0 Å². The topological polar surface area (TPSA) is 58.6 Å². The third kappa shape index (κ3) is 5.12. The molecule has 5 heteroatoms. The van der Waals surface area contributed by atoms with Crippen molar-refractivity contribution in [3.63, 3.8) is 0 Å². The Balaban J connectivity index is 2.61. The number of benzene rings is 1. The van der Waals surface area contributed by atoms with Crippen LogP contribution in [0.5, 0.6) is 0 Å². The molecule has 0 aliphatic heterocycles. The summed E-state index contributed by atoms with van der Waals surface area (Å²) in [5, 5.41) is 11.8. The molecule has 0 saturated heterocycles. The fraction of sp³-hybridized carbons (Fsp3) is 0.167. The number of thiocarbonyl (C=S) groups is 1. The number of nitrogens with one attached hydrogen (secondary N) is 1.